The molecule has 23 heavy (non-hydrogen) atoms. The fraction of sp³-hybridized carbons (Fsp3) is 0.643. The number of aryl methyl sites for hydroxylation is 1. The smallest absolute Gasteiger partial charge is 0.342 e. The van der Waals surface area contributed by atoms with E-state index in [0.29, 0.717) is 18.7 Å². The van der Waals surface area contributed by atoms with Crippen LogP contribution in [0.2, 0.25) is 0 Å². The summed E-state index contributed by atoms with van der Waals surface area (Å²) in [4.78, 5) is 40.6. The van der Waals surface area contributed by atoms with Gasteiger partial charge in [-0.3, -0.25) is 14.6 Å². The summed E-state index contributed by atoms with van der Waals surface area (Å²) in [5.74, 6) is -1.90. The van der Waals surface area contributed by atoms with Gasteiger partial charge in [0.1, 0.15) is 0 Å². The first-order valence-electron chi connectivity index (χ1n) is 7.35. The van der Waals surface area contributed by atoms with Gasteiger partial charge in [-0.2, -0.15) is 13.2 Å². The van der Waals surface area contributed by atoms with E-state index in [-0.39, 0.29) is 31.4 Å². The second-order valence-electron chi connectivity index (χ2n) is 5.73. The maximum absolute atomic E-state index is 12.8. The predicted molar refractivity (Wildman–Crippen MR) is 76.1 cm³/mol. The highest BCUT2D eigenvalue weighted by molar-refractivity contribution is 5.76. The fourth-order valence-corrected chi connectivity index (χ4v) is 2.79. The highest BCUT2D eigenvalue weighted by atomic mass is 19.4. The molecule has 1 aromatic rings. The van der Waals surface area contributed by atoms with Crippen LogP contribution in [0.15, 0.2) is 9.59 Å². The van der Waals surface area contributed by atoms with Crippen LogP contribution in [0, 0.1) is 12.8 Å². The number of amides is 1. The summed E-state index contributed by atoms with van der Waals surface area (Å²) in [6.07, 6.45) is -3.95. The van der Waals surface area contributed by atoms with Gasteiger partial charge in [0.2, 0.25) is 5.91 Å². The van der Waals surface area contributed by atoms with Crippen molar-refractivity contribution < 1.29 is 18.0 Å². The van der Waals surface area contributed by atoms with Crippen molar-refractivity contribution in [1.82, 2.24) is 14.9 Å². The number of carbonyl (C=O) groups is 1. The largest absolute Gasteiger partial charge is 0.393 e. The molecule has 1 aromatic heterocycles. The maximum Gasteiger partial charge on any atom is 0.393 e. The number of piperidine rings is 1. The Hall–Kier alpha value is -2.06. The predicted octanol–water partition coefficient (Wildman–Crippen LogP) is 1.11. The van der Waals surface area contributed by atoms with Crippen LogP contribution in [-0.4, -0.2) is 40.0 Å². The number of alkyl halides is 3. The molecule has 1 fully saturated rings. The zero-order valence-electron chi connectivity index (χ0n) is 12.6. The summed E-state index contributed by atoms with van der Waals surface area (Å²) in [6, 6.07) is 0. The van der Waals surface area contributed by atoms with E-state index in [2.05, 4.69) is 9.97 Å². The molecule has 0 unspecified atom stereocenters. The second-order valence-corrected chi connectivity index (χ2v) is 5.73. The van der Waals surface area contributed by atoms with Gasteiger partial charge in [0, 0.05) is 30.8 Å². The van der Waals surface area contributed by atoms with Gasteiger partial charge in [0.25, 0.3) is 5.56 Å². The number of hydrogen-bond donors (Lipinski definition) is 2. The Morgan fingerprint density at radius 3 is 2.61 bits per heavy atom. The van der Waals surface area contributed by atoms with Gasteiger partial charge in [0.15, 0.2) is 0 Å². The minimum Gasteiger partial charge on any atom is -0.342 e. The standard InChI is InChI=1S/C14H18F3N3O3/c1-8-10(12(22)19-13(23)18-8)4-5-11(21)20-6-2-3-9(7-20)14(15,16)17/h9H,2-7H2,1H3,(H2,18,19,22,23)/t9-/m0/s1. The van der Waals surface area contributed by atoms with E-state index in [0.717, 1.165) is 0 Å². The van der Waals surface area contributed by atoms with Crippen molar-refractivity contribution in [3.05, 3.63) is 32.1 Å². The Balaban J connectivity index is 2.00. The summed E-state index contributed by atoms with van der Waals surface area (Å²) in [7, 11) is 0. The van der Waals surface area contributed by atoms with Crippen LogP contribution in [0.5, 0.6) is 0 Å². The third-order valence-electron chi connectivity index (χ3n) is 4.08. The molecule has 0 saturated carbocycles. The van der Waals surface area contributed by atoms with Gasteiger partial charge < -0.3 is 9.88 Å². The number of likely N-dealkylation sites (tertiary alicyclic amines) is 1. The van der Waals surface area contributed by atoms with Crippen molar-refractivity contribution in [3.8, 4) is 0 Å². The van der Waals surface area contributed by atoms with E-state index >= 15 is 0 Å². The van der Waals surface area contributed by atoms with Crippen LogP contribution < -0.4 is 11.2 Å². The molecule has 1 amide bonds. The minimum absolute atomic E-state index is 0.0337. The third-order valence-corrected chi connectivity index (χ3v) is 4.08. The number of aromatic nitrogens is 2. The quantitative estimate of drug-likeness (QED) is 0.869. The molecule has 0 aliphatic carbocycles. The van der Waals surface area contributed by atoms with Gasteiger partial charge in [-0.05, 0) is 26.2 Å². The molecule has 128 valence electrons. The number of aromatic amines is 2. The zero-order chi connectivity index (χ0) is 17.2. The average Bonchev–Trinajstić information content (AvgIpc) is 2.45. The van der Waals surface area contributed by atoms with E-state index < -0.39 is 29.3 Å². The SMILES string of the molecule is Cc1[nH]c(=O)[nH]c(=O)c1CCC(=O)N1CCC[C@H](C(F)(F)F)C1. The molecule has 2 rings (SSSR count). The van der Waals surface area contributed by atoms with Gasteiger partial charge in [-0.15, -0.1) is 0 Å². The van der Waals surface area contributed by atoms with E-state index in [4.69, 9.17) is 0 Å². The molecule has 0 aromatic carbocycles. The number of carbonyl (C=O) groups excluding carboxylic acids is 1. The van der Waals surface area contributed by atoms with E-state index in [1.165, 1.54) is 11.8 Å². The second kappa shape index (κ2) is 6.59. The van der Waals surface area contributed by atoms with E-state index in [9.17, 15) is 27.6 Å². The summed E-state index contributed by atoms with van der Waals surface area (Å²) in [6.45, 7) is 1.51. The normalized spacial score (nSPS) is 19.0. The van der Waals surface area contributed by atoms with Gasteiger partial charge in [0.05, 0.1) is 5.92 Å². The number of hydrogen-bond acceptors (Lipinski definition) is 3. The molecule has 1 aliphatic heterocycles. The number of nitrogens with zero attached hydrogens (tertiary/aromatic N) is 1. The van der Waals surface area contributed by atoms with Crippen molar-refractivity contribution in [1.29, 1.82) is 0 Å². The Morgan fingerprint density at radius 1 is 1.30 bits per heavy atom. The van der Waals surface area contributed by atoms with Crippen LogP contribution >= 0.6 is 0 Å². The number of nitrogens with one attached hydrogen (secondary N) is 2. The van der Waals surface area contributed by atoms with Crippen molar-refractivity contribution in [3.63, 3.8) is 0 Å². The number of H-pyrrole nitrogens is 2. The van der Waals surface area contributed by atoms with Crippen molar-refractivity contribution in [2.24, 2.45) is 5.92 Å². The Kier molecular flexibility index (Phi) is 4.96. The first-order valence-corrected chi connectivity index (χ1v) is 7.35. The van der Waals surface area contributed by atoms with Crippen LogP contribution in [0.3, 0.4) is 0 Å². The van der Waals surface area contributed by atoms with Crippen molar-refractivity contribution in [2.45, 2.75) is 38.8 Å². The topological polar surface area (TPSA) is 86.0 Å². The molecule has 1 saturated heterocycles. The van der Waals surface area contributed by atoms with Crippen LogP contribution in [0.1, 0.15) is 30.5 Å². The van der Waals surface area contributed by atoms with E-state index in [1.807, 2.05) is 0 Å². The lowest BCUT2D eigenvalue weighted by Crippen LogP contribution is -2.44. The molecular formula is C14H18F3N3O3. The fourth-order valence-electron chi connectivity index (χ4n) is 2.79. The van der Waals surface area contributed by atoms with E-state index in [1.54, 1.807) is 0 Å². The lowest BCUT2D eigenvalue weighted by molar-refractivity contribution is -0.188. The molecule has 2 heterocycles. The van der Waals surface area contributed by atoms with Gasteiger partial charge >= 0.3 is 11.9 Å². The molecule has 0 spiro atoms. The van der Waals surface area contributed by atoms with Gasteiger partial charge in [-0.1, -0.05) is 0 Å². The van der Waals surface area contributed by atoms with Crippen LogP contribution in [-0.2, 0) is 11.2 Å². The molecule has 1 aliphatic rings. The monoisotopic (exact) mass is 333 g/mol. The summed E-state index contributed by atoms with van der Waals surface area (Å²) >= 11 is 0. The van der Waals surface area contributed by atoms with Crippen LogP contribution in [0.25, 0.3) is 0 Å². The Labute approximate surface area is 129 Å². The third kappa shape index (κ3) is 4.23. The highest BCUT2D eigenvalue weighted by Crippen LogP contribution is 2.33. The zero-order valence-corrected chi connectivity index (χ0v) is 12.6. The number of rotatable bonds is 3. The average molecular weight is 333 g/mol. The van der Waals surface area contributed by atoms with Gasteiger partial charge in [-0.25, -0.2) is 4.79 Å². The Morgan fingerprint density at radius 2 is 2.00 bits per heavy atom. The summed E-state index contributed by atoms with van der Waals surface area (Å²) < 4.78 is 38.3. The first-order chi connectivity index (χ1) is 10.7. The minimum atomic E-state index is -4.30. The summed E-state index contributed by atoms with van der Waals surface area (Å²) in [5, 5.41) is 0. The lowest BCUT2D eigenvalue weighted by Gasteiger charge is -2.33. The lowest BCUT2D eigenvalue weighted by atomic mass is 9.97. The highest BCUT2D eigenvalue weighted by Gasteiger charge is 2.42. The number of halogens is 3. The molecule has 0 radical (unpaired) electrons. The first kappa shape index (κ1) is 17.3. The molecule has 6 nitrogen and oxygen atoms in total. The molecule has 1 atom stereocenters. The molecular weight excluding hydrogens is 315 g/mol. The van der Waals surface area contributed by atoms with Crippen molar-refractivity contribution >= 4 is 5.91 Å². The summed E-state index contributed by atoms with van der Waals surface area (Å²) in [5.41, 5.74) is -0.585. The molecule has 9 heteroatoms. The van der Waals surface area contributed by atoms with Crippen molar-refractivity contribution in [2.75, 3.05) is 13.1 Å². The maximum atomic E-state index is 12.8. The Bertz CT molecular complexity index is 693. The molecule has 2 N–H and O–H groups in total. The molecule has 0 bridgehead atoms. The van der Waals surface area contributed by atoms with Crippen LogP contribution in [0.4, 0.5) is 13.2 Å².